The van der Waals surface area contributed by atoms with Gasteiger partial charge in [-0.3, -0.25) is 0 Å². The lowest BCUT2D eigenvalue weighted by Gasteiger charge is -2.16. The van der Waals surface area contributed by atoms with Gasteiger partial charge in [-0.1, -0.05) is 42.5 Å². The molecule has 44 heavy (non-hydrogen) atoms. The van der Waals surface area contributed by atoms with Gasteiger partial charge in [0.1, 0.15) is 34.7 Å². The standard InChI is InChI=1S/C33H25N3O7S/c1-40-22-11-12-23(28(15-22)41-18-21-7-3-2-6-20(21)17-37)29-31-30(24-8-4-5-9-27(24)42-31)36(32(29)43-33(38)39)16-19-10-13-25-26(14-19)35-44-34-25/h2-15,37H,16-18H2,1H3,(H,38,39). The number of nitrogens with zero attached hydrogens (tertiary/aromatic N) is 3. The zero-order chi connectivity index (χ0) is 30.2. The molecule has 0 aliphatic carbocycles. The van der Waals surface area contributed by atoms with Crippen LogP contribution in [0.15, 0.2) is 89.3 Å². The van der Waals surface area contributed by atoms with Gasteiger partial charge in [-0.2, -0.15) is 8.75 Å². The van der Waals surface area contributed by atoms with Gasteiger partial charge in [-0.15, -0.1) is 0 Å². The Morgan fingerprint density at radius 2 is 1.75 bits per heavy atom. The number of fused-ring (bicyclic) bond motifs is 4. The summed E-state index contributed by atoms with van der Waals surface area (Å²) < 4.78 is 34.3. The van der Waals surface area contributed by atoms with Crippen LogP contribution >= 0.6 is 11.7 Å². The van der Waals surface area contributed by atoms with Crippen LogP contribution in [0.1, 0.15) is 16.7 Å². The highest BCUT2D eigenvalue weighted by atomic mass is 32.1. The van der Waals surface area contributed by atoms with Crippen LogP contribution in [0.3, 0.4) is 0 Å². The number of ether oxygens (including phenoxy) is 3. The van der Waals surface area contributed by atoms with Gasteiger partial charge in [-0.05, 0) is 53.1 Å². The fourth-order valence-electron chi connectivity index (χ4n) is 5.45. The first kappa shape index (κ1) is 27.4. The molecule has 0 saturated heterocycles. The summed E-state index contributed by atoms with van der Waals surface area (Å²) in [6, 6.07) is 26.1. The van der Waals surface area contributed by atoms with E-state index < -0.39 is 6.16 Å². The van der Waals surface area contributed by atoms with E-state index in [2.05, 4.69) is 8.75 Å². The Kier molecular flexibility index (Phi) is 7.09. The third-order valence-electron chi connectivity index (χ3n) is 7.50. The molecule has 0 unspecified atom stereocenters. The van der Waals surface area contributed by atoms with Crippen molar-refractivity contribution >= 4 is 51.0 Å². The second-order valence-electron chi connectivity index (χ2n) is 10.1. The Labute approximate surface area is 254 Å². The fraction of sp³-hybridized carbons (Fsp3) is 0.121. The van der Waals surface area contributed by atoms with Crippen molar-refractivity contribution in [2.45, 2.75) is 19.8 Å². The summed E-state index contributed by atoms with van der Waals surface area (Å²) in [5.74, 6) is 1.05. The highest BCUT2D eigenvalue weighted by Gasteiger charge is 2.29. The second kappa shape index (κ2) is 11.4. The van der Waals surface area contributed by atoms with Crippen LogP contribution in [-0.2, 0) is 19.8 Å². The van der Waals surface area contributed by atoms with Crippen molar-refractivity contribution in [3.05, 3.63) is 102 Å². The first-order valence-corrected chi connectivity index (χ1v) is 14.4. The highest BCUT2D eigenvalue weighted by molar-refractivity contribution is 7.00. The number of benzene rings is 4. The van der Waals surface area contributed by atoms with Crippen LogP contribution in [0.2, 0.25) is 0 Å². The molecule has 3 heterocycles. The van der Waals surface area contributed by atoms with E-state index in [9.17, 15) is 15.0 Å². The lowest BCUT2D eigenvalue weighted by atomic mass is 10.1. The predicted octanol–water partition coefficient (Wildman–Crippen LogP) is 7.24. The number of para-hydroxylation sites is 1. The van der Waals surface area contributed by atoms with E-state index in [1.807, 2.05) is 66.7 Å². The Hall–Kier alpha value is -5.39. The molecule has 0 fully saturated rings. The molecule has 4 aromatic carbocycles. The van der Waals surface area contributed by atoms with Crippen molar-refractivity contribution in [2.75, 3.05) is 7.11 Å². The fourth-order valence-corrected chi connectivity index (χ4v) is 5.97. The average molecular weight is 608 g/mol. The van der Waals surface area contributed by atoms with Gasteiger partial charge in [0.25, 0.3) is 0 Å². The summed E-state index contributed by atoms with van der Waals surface area (Å²) in [5, 5.41) is 20.6. The molecule has 3 aromatic heterocycles. The molecular weight excluding hydrogens is 582 g/mol. The van der Waals surface area contributed by atoms with Crippen LogP contribution in [-0.4, -0.2) is 36.8 Å². The SMILES string of the molecule is COc1ccc(-c2c(OC(=O)O)n(Cc3ccc4nsnc4c3)c3c2oc2ccccc23)c(OCc2ccccc2CO)c1. The second-order valence-corrected chi connectivity index (χ2v) is 10.6. The number of furan rings is 1. The summed E-state index contributed by atoms with van der Waals surface area (Å²) in [6.07, 6.45) is -1.47. The molecule has 0 aliphatic heterocycles. The van der Waals surface area contributed by atoms with E-state index in [0.29, 0.717) is 39.3 Å². The largest absolute Gasteiger partial charge is 0.512 e. The van der Waals surface area contributed by atoms with Crippen molar-refractivity contribution in [3.63, 3.8) is 0 Å². The zero-order valence-electron chi connectivity index (χ0n) is 23.4. The van der Waals surface area contributed by atoms with Crippen molar-refractivity contribution < 1.29 is 33.6 Å². The molecule has 0 saturated carbocycles. The molecule has 7 rings (SSSR count). The van der Waals surface area contributed by atoms with E-state index in [4.69, 9.17) is 18.6 Å². The van der Waals surface area contributed by atoms with Crippen molar-refractivity contribution in [2.24, 2.45) is 0 Å². The predicted molar refractivity (Wildman–Crippen MR) is 166 cm³/mol. The van der Waals surface area contributed by atoms with Crippen LogP contribution < -0.4 is 14.2 Å². The molecule has 0 bridgehead atoms. The lowest BCUT2D eigenvalue weighted by Crippen LogP contribution is -2.10. The molecular formula is C33H25N3O7S. The van der Waals surface area contributed by atoms with Gasteiger partial charge in [-0.25, -0.2) is 4.79 Å². The molecule has 0 radical (unpaired) electrons. The number of hydrogen-bond donors (Lipinski definition) is 2. The topological polar surface area (TPSA) is 129 Å². The van der Waals surface area contributed by atoms with Gasteiger partial charge in [0.05, 0.1) is 43.1 Å². The number of aliphatic hydroxyl groups is 1. The Morgan fingerprint density at radius 1 is 0.955 bits per heavy atom. The maximum Gasteiger partial charge on any atom is 0.512 e. The molecule has 2 N–H and O–H groups in total. The first-order valence-electron chi connectivity index (χ1n) is 13.7. The van der Waals surface area contributed by atoms with Crippen molar-refractivity contribution in [3.8, 4) is 28.5 Å². The average Bonchev–Trinajstić information content (AvgIpc) is 3.73. The molecule has 0 amide bonds. The molecule has 0 aliphatic rings. The first-order chi connectivity index (χ1) is 21.5. The quantitative estimate of drug-likeness (QED) is 0.163. The van der Waals surface area contributed by atoms with E-state index in [0.717, 1.165) is 44.8 Å². The Bertz CT molecular complexity index is 2160. The highest BCUT2D eigenvalue weighted by Crippen LogP contribution is 2.48. The Morgan fingerprint density at radius 3 is 2.57 bits per heavy atom. The monoisotopic (exact) mass is 607 g/mol. The van der Waals surface area contributed by atoms with Gasteiger partial charge in [0.2, 0.25) is 5.88 Å². The van der Waals surface area contributed by atoms with Crippen LogP contribution in [0.4, 0.5) is 4.79 Å². The van der Waals surface area contributed by atoms with Crippen molar-refractivity contribution in [1.82, 2.24) is 13.3 Å². The van der Waals surface area contributed by atoms with E-state index >= 15 is 0 Å². The minimum absolute atomic E-state index is 0.0827. The number of methoxy groups -OCH3 is 1. The molecule has 0 spiro atoms. The smallest absolute Gasteiger partial charge is 0.497 e. The zero-order valence-corrected chi connectivity index (χ0v) is 24.2. The summed E-state index contributed by atoms with van der Waals surface area (Å²) in [7, 11) is 1.56. The number of carboxylic acid groups (broad SMARTS) is 1. The van der Waals surface area contributed by atoms with Gasteiger partial charge in [0.15, 0.2) is 5.58 Å². The third-order valence-corrected chi connectivity index (χ3v) is 8.05. The molecule has 11 heteroatoms. The molecule has 0 atom stereocenters. The summed E-state index contributed by atoms with van der Waals surface area (Å²) >= 11 is 1.13. The maximum absolute atomic E-state index is 12.2. The van der Waals surface area contributed by atoms with Crippen LogP contribution in [0.5, 0.6) is 17.4 Å². The van der Waals surface area contributed by atoms with E-state index in [-0.39, 0.29) is 25.6 Å². The van der Waals surface area contributed by atoms with E-state index in [1.165, 1.54) is 0 Å². The lowest BCUT2D eigenvalue weighted by molar-refractivity contribution is 0.141. The number of aliphatic hydroxyl groups excluding tert-OH is 1. The van der Waals surface area contributed by atoms with Gasteiger partial charge in [0, 0.05) is 17.0 Å². The number of rotatable bonds is 9. The van der Waals surface area contributed by atoms with Crippen molar-refractivity contribution in [1.29, 1.82) is 0 Å². The third kappa shape index (κ3) is 4.87. The van der Waals surface area contributed by atoms with E-state index in [1.54, 1.807) is 29.9 Å². The summed E-state index contributed by atoms with van der Waals surface area (Å²) in [5.41, 5.74) is 6.70. The van der Waals surface area contributed by atoms with Crippen LogP contribution in [0, 0.1) is 0 Å². The number of hydrogen-bond acceptors (Lipinski definition) is 9. The maximum atomic E-state index is 12.2. The number of aromatic nitrogens is 3. The molecule has 7 aromatic rings. The number of carbonyl (C=O) groups is 1. The minimum atomic E-state index is -1.47. The summed E-state index contributed by atoms with van der Waals surface area (Å²) in [6.45, 7) is 0.288. The van der Waals surface area contributed by atoms with Crippen LogP contribution in [0.25, 0.3) is 44.2 Å². The van der Waals surface area contributed by atoms with Gasteiger partial charge < -0.3 is 33.4 Å². The Balaban J connectivity index is 1.45. The normalized spacial score (nSPS) is 11.4. The summed E-state index contributed by atoms with van der Waals surface area (Å²) in [4.78, 5) is 12.2. The minimum Gasteiger partial charge on any atom is -0.497 e. The molecule has 220 valence electrons. The molecule has 10 nitrogen and oxygen atoms in total. The van der Waals surface area contributed by atoms with Gasteiger partial charge >= 0.3 is 6.16 Å².